The van der Waals surface area contributed by atoms with Crippen molar-refractivity contribution in [1.29, 1.82) is 0 Å². The molecule has 0 unspecified atom stereocenters. The molecule has 2 amide bonds. The summed E-state index contributed by atoms with van der Waals surface area (Å²) in [5.41, 5.74) is 1.56. The third-order valence-corrected chi connectivity index (χ3v) is 7.39. The van der Waals surface area contributed by atoms with E-state index < -0.39 is 10.0 Å². The van der Waals surface area contributed by atoms with Crippen molar-refractivity contribution < 1.29 is 18.0 Å². The molecule has 1 aliphatic rings. The van der Waals surface area contributed by atoms with Crippen LogP contribution in [0.4, 0.5) is 5.69 Å². The molecule has 0 spiro atoms. The molecule has 0 aliphatic carbocycles. The number of benzene rings is 2. The van der Waals surface area contributed by atoms with E-state index in [1.54, 1.807) is 6.07 Å². The van der Waals surface area contributed by atoms with E-state index in [2.05, 4.69) is 5.32 Å². The molecule has 2 aromatic carbocycles. The lowest BCUT2D eigenvalue weighted by Gasteiger charge is -2.29. The minimum Gasteiger partial charge on any atom is -0.354 e. The number of carbonyl (C=O) groups is 2. The van der Waals surface area contributed by atoms with Crippen molar-refractivity contribution >= 4 is 39.3 Å². The summed E-state index contributed by atoms with van der Waals surface area (Å²) in [6, 6.07) is 14.5. The lowest BCUT2D eigenvalue weighted by Crippen LogP contribution is -2.43. The first kappa shape index (κ1) is 21.4. The van der Waals surface area contributed by atoms with Gasteiger partial charge < -0.3 is 10.2 Å². The Kier molecular flexibility index (Phi) is 6.61. The third-order valence-electron chi connectivity index (χ3n) is 4.53. The molecule has 154 valence electrons. The fraction of sp³-hybridized carbons (Fsp3) is 0.300. The molecule has 3 rings (SSSR count). The normalized spacial score (nSPS) is 14.0. The van der Waals surface area contributed by atoms with Crippen LogP contribution in [0.2, 0.25) is 0 Å². The average Bonchev–Trinajstić information content (AvgIpc) is 2.70. The predicted molar refractivity (Wildman–Crippen MR) is 114 cm³/mol. The SMILES string of the molecule is CN(C)S(=O)(=O)c1ccc2c(c1)N(CC(=O)NCCc1ccccc1)C(=O)CS2. The molecular formula is C20H23N3O4S2. The Balaban J connectivity index is 1.73. The van der Waals surface area contributed by atoms with Crippen molar-refractivity contribution in [3.05, 3.63) is 54.1 Å². The molecule has 1 N–H and O–H groups in total. The zero-order valence-electron chi connectivity index (χ0n) is 16.3. The molecule has 9 heteroatoms. The molecule has 0 atom stereocenters. The highest BCUT2D eigenvalue weighted by Gasteiger charge is 2.29. The summed E-state index contributed by atoms with van der Waals surface area (Å²) in [5.74, 6) is -0.294. The maximum atomic E-state index is 12.4. The molecule has 0 saturated heterocycles. The summed E-state index contributed by atoms with van der Waals surface area (Å²) in [7, 11) is -0.737. The molecule has 7 nitrogen and oxygen atoms in total. The van der Waals surface area contributed by atoms with Crippen LogP contribution in [0.3, 0.4) is 0 Å². The summed E-state index contributed by atoms with van der Waals surface area (Å²) >= 11 is 1.34. The summed E-state index contributed by atoms with van der Waals surface area (Å²) < 4.78 is 26.0. The Morgan fingerprint density at radius 3 is 2.59 bits per heavy atom. The number of rotatable bonds is 7. The summed E-state index contributed by atoms with van der Waals surface area (Å²) in [5, 5.41) is 2.83. The zero-order chi connectivity index (χ0) is 21.0. The second-order valence-corrected chi connectivity index (χ2v) is 9.94. The fourth-order valence-electron chi connectivity index (χ4n) is 2.92. The van der Waals surface area contributed by atoms with Crippen molar-refractivity contribution in [3.63, 3.8) is 0 Å². The van der Waals surface area contributed by atoms with Gasteiger partial charge in [-0.2, -0.15) is 0 Å². The lowest BCUT2D eigenvalue weighted by atomic mass is 10.1. The second kappa shape index (κ2) is 8.98. The third kappa shape index (κ3) is 4.98. The maximum absolute atomic E-state index is 12.4. The number of sulfonamides is 1. The van der Waals surface area contributed by atoms with Crippen LogP contribution in [-0.2, 0) is 26.0 Å². The number of hydrogen-bond acceptors (Lipinski definition) is 5. The molecule has 2 aromatic rings. The van der Waals surface area contributed by atoms with Gasteiger partial charge in [-0.05, 0) is 30.2 Å². The molecular weight excluding hydrogens is 410 g/mol. The molecule has 0 radical (unpaired) electrons. The van der Waals surface area contributed by atoms with Crippen LogP contribution >= 0.6 is 11.8 Å². The van der Waals surface area contributed by atoms with E-state index in [1.807, 2.05) is 30.3 Å². The minimum atomic E-state index is -3.64. The molecule has 0 aromatic heterocycles. The van der Waals surface area contributed by atoms with E-state index in [9.17, 15) is 18.0 Å². The highest BCUT2D eigenvalue weighted by Crippen LogP contribution is 2.37. The van der Waals surface area contributed by atoms with E-state index in [-0.39, 0.29) is 29.0 Å². The van der Waals surface area contributed by atoms with E-state index in [0.717, 1.165) is 14.8 Å². The second-order valence-electron chi connectivity index (χ2n) is 6.77. The van der Waals surface area contributed by atoms with Crippen LogP contribution in [0.1, 0.15) is 5.56 Å². The smallest absolute Gasteiger partial charge is 0.242 e. The quantitative estimate of drug-likeness (QED) is 0.719. The maximum Gasteiger partial charge on any atom is 0.242 e. The largest absolute Gasteiger partial charge is 0.354 e. The van der Waals surface area contributed by atoms with Crippen molar-refractivity contribution in [2.24, 2.45) is 0 Å². The van der Waals surface area contributed by atoms with Gasteiger partial charge in [-0.15, -0.1) is 11.8 Å². The van der Waals surface area contributed by atoms with Gasteiger partial charge in [0, 0.05) is 25.5 Å². The lowest BCUT2D eigenvalue weighted by molar-refractivity contribution is -0.122. The van der Waals surface area contributed by atoms with Gasteiger partial charge in [-0.1, -0.05) is 30.3 Å². The van der Waals surface area contributed by atoms with Crippen molar-refractivity contribution in [2.45, 2.75) is 16.2 Å². The van der Waals surface area contributed by atoms with E-state index in [0.29, 0.717) is 18.7 Å². The van der Waals surface area contributed by atoms with Crippen molar-refractivity contribution in [2.75, 3.05) is 37.8 Å². The van der Waals surface area contributed by atoms with Crippen molar-refractivity contribution in [3.8, 4) is 0 Å². The number of thioether (sulfide) groups is 1. The molecule has 0 saturated carbocycles. The Labute approximate surface area is 175 Å². The van der Waals surface area contributed by atoms with Crippen LogP contribution in [0.5, 0.6) is 0 Å². The van der Waals surface area contributed by atoms with Gasteiger partial charge in [-0.3, -0.25) is 9.59 Å². The predicted octanol–water partition coefficient (Wildman–Crippen LogP) is 1.73. The Morgan fingerprint density at radius 2 is 1.90 bits per heavy atom. The van der Waals surface area contributed by atoms with Gasteiger partial charge in [0.2, 0.25) is 21.8 Å². The summed E-state index contributed by atoms with van der Waals surface area (Å²) in [6.07, 6.45) is 0.693. The topological polar surface area (TPSA) is 86.8 Å². The standard InChI is InChI=1S/C20H23N3O4S2/c1-22(2)29(26,27)16-8-9-18-17(12-16)23(20(25)14-28-18)13-19(24)21-11-10-15-6-4-3-5-7-15/h3-9,12H,10-11,13-14H2,1-2H3,(H,21,24). The Bertz CT molecular complexity index is 1010. The molecule has 0 bridgehead atoms. The Hall–Kier alpha value is -2.36. The Morgan fingerprint density at radius 1 is 1.17 bits per heavy atom. The molecule has 1 heterocycles. The van der Waals surface area contributed by atoms with E-state index in [1.165, 1.54) is 42.9 Å². The first-order valence-corrected chi connectivity index (χ1v) is 11.5. The number of fused-ring (bicyclic) bond motifs is 1. The number of nitrogens with zero attached hydrogens (tertiary/aromatic N) is 2. The first-order valence-electron chi connectivity index (χ1n) is 9.09. The van der Waals surface area contributed by atoms with Crippen molar-refractivity contribution in [1.82, 2.24) is 9.62 Å². The highest BCUT2D eigenvalue weighted by molar-refractivity contribution is 8.00. The fourth-order valence-corrected chi connectivity index (χ4v) is 4.76. The summed E-state index contributed by atoms with van der Waals surface area (Å²) in [4.78, 5) is 27.1. The highest BCUT2D eigenvalue weighted by atomic mass is 32.2. The van der Waals surface area contributed by atoms with Gasteiger partial charge in [0.25, 0.3) is 0 Å². The van der Waals surface area contributed by atoms with Gasteiger partial charge in [-0.25, -0.2) is 12.7 Å². The molecule has 0 fully saturated rings. The van der Waals surface area contributed by atoms with Gasteiger partial charge >= 0.3 is 0 Å². The van der Waals surface area contributed by atoms with Gasteiger partial charge in [0.1, 0.15) is 6.54 Å². The van der Waals surface area contributed by atoms with Crippen LogP contribution in [0.25, 0.3) is 0 Å². The monoisotopic (exact) mass is 433 g/mol. The average molecular weight is 434 g/mol. The number of amides is 2. The van der Waals surface area contributed by atoms with Crippen LogP contribution in [0, 0.1) is 0 Å². The van der Waals surface area contributed by atoms with Gasteiger partial charge in [0.05, 0.1) is 16.3 Å². The number of carbonyl (C=O) groups excluding carboxylic acids is 2. The molecule has 1 aliphatic heterocycles. The van der Waals surface area contributed by atoms with E-state index in [4.69, 9.17) is 0 Å². The number of hydrogen-bond donors (Lipinski definition) is 1. The zero-order valence-corrected chi connectivity index (χ0v) is 17.9. The van der Waals surface area contributed by atoms with Crippen LogP contribution in [0.15, 0.2) is 58.3 Å². The number of anilines is 1. The van der Waals surface area contributed by atoms with Crippen LogP contribution < -0.4 is 10.2 Å². The van der Waals surface area contributed by atoms with Gasteiger partial charge in [0.15, 0.2) is 0 Å². The first-order chi connectivity index (χ1) is 13.8. The van der Waals surface area contributed by atoms with E-state index >= 15 is 0 Å². The van der Waals surface area contributed by atoms with Crippen LogP contribution in [-0.4, -0.2) is 57.5 Å². The molecule has 29 heavy (non-hydrogen) atoms. The minimum absolute atomic E-state index is 0.0889. The summed E-state index contributed by atoms with van der Waals surface area (Å²) in [6.45, 7) is 0.314. The number of nitrogens with one attached hydrogen (secondary N) is 1.